The van der Waals surface area contributed by atoms with Crippen molar-refractivity contribution >= 4 is 47.7 Å². The molecule has 3 aromatic carbocycles. The van der Waals surface area contributed by atoms with Crippen LogP contribution in [0.1, 0.15) is 21.5 Å². The van der Waals surface area contributed by atoms with Gasteiger partial charge in [-0.1, -0.05) is 48.2 Å². The molecule has 154 valence electrons. The zero-order valence-electron chi connectivity index (χ0n) is 15.9. The number of benzene rings is 3. The van der Waals surface area contributed by atoms with Crippen LogP contribution in [-0.2, 0) is 11.2 Å². The third-order valence-corrected chi connectivity index (χ3v) is 4.79. The summed E-state index contributed by atoms with van der Waals surface area (Å²) in [5.41, 5.74) is 2.63. The van der Waals surface area contributed by atoms with Crippen LogP contribution in [-0.4, -0.2) is 11.9 Å². The summed E-state index contributed by atoms with van der Waals surface area (Å²) < 4.78 is 21.7. The Bertz CT molecular complexity index is 1070. The van der Waals surface area contributed by atoms with Gasteiger partial charge in [-0.15, -0.1) is 0 Å². The molecular weight excluding hydrogens is 427 g/mol. The van der Waals surface area contributed by atoms with Crippen LogP contribution in [0.2, 0.25) is 5.02 Å². The maximum Gasteiger partial charge on any atom is 0.315 e. The van der Waals surface area contributed by atoms with E-state index in [1.165, 1.54) is 36.4 Å². The van der Waals surface area contributed by atoms with Gasteiger partial charge in [-0.3, -0.25) is 14.3 Å². The number of hydrogen-bond acceptors (Lipinski definition) is 5. The quantitative estimate of drug-likeness (QED) is 0.276. The van der Waals surface area contributed by atoms with Gasteiger partial charge in [-0.05, 0) is 55.0 Å². The predicted molar refractivity (Wildman–Crippen MR) is 118 cm³/mol. The number of thiol groups is 1. The van der Waals surface area contributed by atoms with Crippen molar-refractivity contribution < 1.29 is 18.7 Å². The lowest BCUT2D eigenvalue weighted by molar-refractivity contribution is -0.133. The van der Waals surface area contributed by atoms with E-state index in [0.29, 0.717) is 22.6 Å². The Morgan fingerprint density at radius 2 is 1.83 bits per heavy atom. The van der Waals surface area contributed by atoms with Crippen molar-refractivity contribution in [3.63, 3.8) is 0 Å². The largest absolute Gasteiger partial charge is 0.426 e. The lowest BCUT2D eigenvalue weighted by Crippen LogP contribution is -2.14. The molecule has 0 fully saturated rings. The fourth-order valence-corrected chi connectivity index (χ4v) is 3.14. The highest BCUT2D eigenvalue weighted by Crippen LogP contribution is 2.30. The molecule has 0 saturated heterocycles. The Balaban J connectivity index is 1.76. The Morgan fingerprint density at radius 3 is 2.50 bits per heavy atom. The second kappa shape index (κ2) is 9.65. The number of para-hydroxylation sites is 1. The van der Waals surface area contributed by atoms with Crippen molar-refractivity contribution in [3.8, 4) is 5.75 Å². The number of rotatable bonds is 6. The number of halogens is 2. The SMILES string of the molecule is Cc1ccc(Nc2c(F)cccc2Cl)c(CC(=O)Oc2ccc(C(=O)NS)cc2)c1. The minimum Gasteiger partial charge on any atom is -0.426 e. The second-order valence-corrected chi connectivity index (χ2v) is 7.13. The highest BCUT2D eigenvalue weighted by molar-refractivity contribution is 7.78. The third-order valence-electron chi connectivity index (χ3n) is 4.27. The van der Waals surface area contributed by atoms with Gasteiger partial charge in [0, 0.05) is 11.3 Å². The molecule has 0 heterocycles. The van der Waals surface area contributed by atoms with E-state index in [4.69, 9.17) is 16.3 Å². The van der Waals surface area contributed by atoms with Crippen LogP contribution in [0.25, 0.3) is 0 Å². The van der Waals surface area contributed by atoms with E-state index >= 15 is 0 Å². The fraction of sp³-hybridized carbons (Fsp3) is 0.0909. The Kier molecular flexibility index (Phi) is 6.97. The number of aryl methyl sites for hydroxylation is 1. The monoisotopic (exact) mass is 444 g/mol. The van der Waals surface area contributed by atoms with Crippen LogP contribution in [0.15, 0.2) is 60.7 Å². The van der Waals surface area contributed by atoms with Crippen LogP contribution in [0.4, 0.5) is 15.8 Å². The molecule has 5 nitrogen and oxygen atoms in total. The third kappa shape index (κ3) is 5.31. The van der Waals surface area contributed by atoms with Crippen molar-refractivity contribution in [1.29, 1.82) is 0 Å². The molecule has 0 aliphatic heterocycles. The highest BCUT2D eigenvalue weighted by Gasteiger charge is 2.14. The molecule has 3 aromatic rings. The first kappa shape index (κ1) is 21.7. The zero-order chi connectivity index (χ0) is 21.7. The topological polar surface area (TPSA) is 67.4 Å². The molecule has 0 radical (unpaired) electrons. The number of carbonyl (C=O) groups is 2. The average molecular weight is 445 g/mol. The molecule has 0 aliphatic rings. The van der Waals surface area contributed by atoms with Crippen LogP contribution in [0.3, 0.4) is 0 Å². The highest BCUT2D eigenvalue weighted by atomic mass is 35.5. The number of carbonyl (C=O) groups excluding carboxylic acids is 2. The zero-order valence-corrected chi connectivity index (χ0v) is 17.6. The molecule has 8 heteroatoms. The lowest BCUT2D eigenvalue weighted by Gasteiger charge is -2.14. The molecule has 2 N–H and O–H groups in total. The molecule has 0 atom stereocenters. The predicted octanol–water partition coefficient (Wildman–Crippen LogP) is 5.25. The summed E-state index contributed by atoms with van der Waals surface area (Å²) in [7, 11) is 0. The Morgan fingerprint density at radius 1 is 1.10 bits per heavy atom. The molecule has 3 rings (SSSR count). The van der Waals surface area contributed by atoms with Gasteiger partial charge in [0.2, 0.25) is 0 Å². The summed E-state index contributed by atoms with van der Waals surface area (Å²) in [5.74, 6) is -1.06. The lowest BCUT2D eigenvalue weighted by atomic mass is 10.1. The van der Waals surface area contributed by atoms with E-state index in [0.717, 1.165) is 5.56 Å². The second-order valence-electron chi connectivity index (χ2n) is 6.50. The van der Waals surface area contributed by atoms with Gasteiger partial charge >= 0.3 is 5.97 Å². The van der Waals surface area contributed by atoms with Crippen LogP contribution in [0.5, 0.6) is 5.75 Å². The molecule has 0 unspecified atom stereocenters. The van der Waals surface area contributed by atoms with Gasteiger partial charge in [0.1, 0.15) is 11.6 Å². The number of ether oxygens (including phenoxy) is 1. The smallest absolute Gasteiger partial charge is 0.315 e. The van der Waals surface area contributed by atoms with E-state index in [2.05, 4.69) is 22.9 Å². The van der Waals surface area contributed by atoms with Crippen molar-refractivity contribution in [3.05, 3.63) is 88.2 Å². The molecule has 0 aromatic heterocycles. The van der Waals surface area contributed by atoms with Crippen LogP contribution >= 0.6 is 24.4 Å². The van der Waals surface area contributed by atoms with Gasteiger partial charge in [0.15, 0.2) is 0 Å². The van der Waals surface area contributed by atoms with E-state index < -0.39 is 11.8 Å². The van der Waals surface area contributed by atoms with Crippen LogP contribution in [0, 0.1) is 12.7 Å². The van der Waals surface area contributed by atoms with E-state index in [1.807, 2.05) is 19.1 Å². The summed E-state index contributed by atoms with van der Waals surface area (Å²) in [4.78, 5) is 24.0. The van der Waals surface area contributed by atoms with Gasteiger partial charge < -0.3 is 10.1 Å². The van der Waals surface area contributed by atoms with Crippen molar-refractivity contribution in [2.75, 3.05) is 5.32 Å². The summed E-state index contributed by atoms with van der Waals surface area (Å²) in [6.45, 7) is 1.89. The van der Waals surface area contributed by atoms with Crippen molar-refractivity contribution in [2.45, 2.75) is 13.3 Å². The van der Waals surface area contributed by atoms with Gasteiger partial charge in [0.05, 0.1) is 17.1 Å². The molecule has 0 bridgehead atoms. The number of esters is 1. The van der Waals surface area contributed by atoms with E-state index in [-0.39, 0.29) is 23.0 Å². The molecule has 30 heavy (non-hydrogen) atoms. The minimum absolute atomic E-state index is 0.0467. The standard InChI is InChI=1S/C22H18ClFN2O3S/c1-13-5-10-19(25-21-17(23)3-2-4-18(21)24)15(11-13)12-20(27)29-16-8-6-14(7-9-16)22(28)26-30/h2-11,25,30H,12H2,1H3,(H,26,28). The first-order valence-corrected chi connectivity index (χ1v) is 9.75. The Labute approximate surface area is 183 Å². The average Bonchev–Trinajstić information content (AvgIpc) is 2.72. The number of amides is 1. The normalized spacial score (nSPS) is 10.4. The first-order valence-electron chi connectivity index (χ1n) is 8.93. The van der Waals surface area contributed by atoms with E-state index in [1.54, 1.807) is 12.1 Å². The first-order chi connectivity index (χ1) is 14.4. The Hall–Kier alpha value is -3.03. The van der Waals surface area contributed by atoms with Crippen molar-refractivity contribution in [2.24, 2.45) is 0 Å². The summed E-state index contributed by atoms with van der Waals surface area (Å²) in [5, 5.41) is 3.20. The molecule has 0 spiro atoms. The van der Waals surface area contributed by atoms with Gasteiger partial charge in [-0.25, -0.2) is 4.39 Å². The fourth-order valence-electron chi connectivity index (χ4n) is 2.80. The maximum atomic E-state index is 14.1. The molecule has 0 saturated carbocycles. The van der Waals surface area contributed by atoms with Crippen LogP contribution < -0.4 is 14.8 Å². The molecule has 0 aliphatic carbocycles. The number of nitrogens with one attached hydrogen (secondary N) is 2. The number of anilines is 2. The summed E-state index contributed by atoms with van der Waals surface area (Å²) in [6.07, 6.45) is -0.0467. The molecular formula is C22H18ClFN2O3S. The minimum atomic E-state index is -0.505. The van der Waals surface area contributed by atoms with Crippen molar-refractivity contribution in [1.82, 2.24) is 4.72 Å². The summed E-state index contributed by atoms with van der Waals surface area (Å²) >= 11 is 9.80. The molecule has 1 amide bonds. The summed E-state index contributed by atoms with van der Waals surface area (Å²) in [6, 6.07) is 15.9. The number of hydrogen-bond donors (Lipinski definition) is 3. The maximum absolute atomic E-state index is 14.1. The van der Waals surface area contributed by atoms with Gasteiger partial charge in [-0.2, -0.15) is 0 Å². The van der Waals surface area contributed by atoms with Gasteiger partial charge in [0.25, 0.3) is 5.91 Å². The van der Waals surface area contributed by atoms with E-state index in [9.17, 15) is 14.0 Å².